The quantitative estimate of drug-likeness (QED) is 0.0261. The van der Waals surface area contributed by atoms with E-state index in [2.05, 4.69) is 92.1 Å². The molecule has 1 saturated heterocycles. The van der Waals surface area contributed by atoms with Crippen molar-refractivity contribution >= 4 is 5.91 Å². The second-order valence-corrected chi connectivity index (χ2v) is 18.6. The topological polar surface area (TPSA) is 149 Å². The number of hydrogen-bond acceptors (Lipinski definition) is 8. The van der Waals surface area contributed by atoms with Crippen LogP contribution in [-0.2, 0) is 14.3 Å². The summed E-state index contributed by atoms with van der Waals surface area (Å²) in [5.41, 5.74) is 0. The zero-order valence-corrected chi connectivity index (χ0v) is 42.6. The van der Waals surface area contributed by atoms with Gasteiger partial charge in [-0.25, -0.2) is 0 Å². The maximum atomic E-state index is 13.0. The molecule has 0 bridgehead atoms. The molecular weight excluding hydrogens is 839 g/mol. The van der Waals surface area contributed by atoms with Gasteiger partial charge >= 0.3 is 0 Å². The molecule has 67 heavy (non-hydrogen) atoms. The molecule has 7 atom stereocenters. The molecule has 7 unspecified atom stereocenters. The van der Waals surface area contributed by atoms with E-state index in [1.807, 2.05) is 6.08 Å². The molecule has 386 valence electrons. The maximum Gasteiger partial charge on any atom is 0.220 e. The molecule has 1 rings (SSSR count). The third kappa shape index (κ3) is 36.9. The number of carbonyl (C=O) groups is 1. The average molecular weight is 940 g/mol. The van der Waals surface area contributed by atoms with E-state index in [4.69, 9.17) is 9.47 Å². The molecule has 6 N–H and O–H groups in total. The highest BCUT2D eigenvalue weighted by atomic mass is 16.7. The number of nitrogens with one attached hydrogen (secondary N) is 1. The Kier molecular flexibility index (Phi) is 43.8. The van der Waals surface area contributed by atoms with Gasteiger partial charge in [-0.2, -0.15) is 0 Å². The Balaban J connectivity index is 2.28. The zero-order chi connectivity index (χ0) is 48.7. The Morgan fingerprint density at radius 3 is 1.43 bits per heavy atom. The monoisotopic (exact) mass is 940 g/mol. The minimum atomic E-state index is -1.59. The van der Waals surface area contributed by atoms with Crippen LogP contribution in [0, 0.1) is 0 Å². The Bertz CT molecular complexity index is 1320. The summed E-state index contributed by atoms with van der Waals surface area (Å²) in [6.07, 6.45) is 59.5. The van der Waals surface area contributed by atoms with Crippen LogP contribution in [0.3, 0.4) is 0 Å². The first kappa shape index (κ1) is 62.4. The van der Waals surface area contributed by atoms with Crippen LogP contribution in [0.4, 0.5) is 0 Å². The number of aliphatic hydroxyl groups excluding tert-OH is 5. The highest BCUT2D eigenvalue weighted by molar-refractivity contribution is 5.76. The van der Waals surface area contributed by atoms with E-state index < -0.39 is 49.5 Å². The molecule has 1 heterocycles. The van der Waals surface area contributed by atoms with E-state index in [0.717, 1.165) is 64.2 Å². The number of ether oxygens (including phenoxy) is 2. The van der Waals surface area contributed by atoms with Crippen molar-refractivity contribution in [1.82, 2.24) is 5.32 Å². The summed E-state index contributed by atoms with van der Waals surface area (Å²) in [5.74, 6) is -0.234. The molecule has 0 aromatic rings. The minimum Gasteiger partial charge on any atom is -0.394 e. The second-order valence-electron chi connectivity index (χ2n) is 18.6. The molecule has 0 aliphatic carbocycles. The predicted octanol–water partition coefficient (Wildman–Crippen LogP) is 13.1. The van der Waals surface area contributed by atoms with E-state index in [1.54, 1.807) is 6.08 Å². The summed E-state index contributed by atoms with van der Waals surface area (Å²) in [5, 5.41) is 54.3. The van der Waals surface area contributed by atoms with Gasteiger partial charge in [-0.1, -0.05) is 214 Å². The normalized spacial score (nSPS) is 20.4. The van der Waals surface area contributed by atoms with E-state index in [0.29, 0.717) is 12.8 Å². The van der Waals surface area contributed by atoms with Crippen molar-refractivity contribution in [2.75, 3.05) is 13.2 Å². The molecule has 1 amide bonds. The van der Waals surface area contributed by atoms with Crippen LogP contribution < -0.4 is 5.32 Å². The van der Waals surface area contributed by atoms with Crippen molar-refractivity contribution in [2.24, 2.45) is 0 Å². The van der Waals surface area contributed by atoms with Gasteiger partial charge in [-0.3, -0.25) is 4.79 Å². The van der Waals surface area contributed by atoms with E-state index in [1.165, 1.54) is 122 Å². The number of unbranched alkanes of at least 4 members (excludes halogenated alkanes) is 23. The van der Waals surface area contributed by atoms with Gasteiger partial charge in [-0.05, 0) is 83.5 Å². The SMILES string of the molecule is CC/C=C\C/C=C\C/C=C\C/C=C\CCCCC(=O)NC(COC1OC(CO)C(O)C(O)C1O)C(O)/C=C/CC/C=C/CC/C=C/CCCCCCCCCCCCCCCCCCCCC. The third-order valence-corrected chi connectivity index (χ3v) is 12.4. The summed E-state index contributed by atoms with van der Waals surface area (Å²) in [4.78, 5) is 13.0. The summed E-state index contributed by atoms with van der Waals surface area (Å²) in [6.45, 7) is 3.61. The third-order valence-electron chi connectivity index (χ3n) is 12.4. The highest BCUT2D eigenvalue weighted by Gasteiger charge is 2.44. The van der Waals surface area contributed by atoms with Crippen LogP contribution in [0.2, 0.25) is 0 Å². The van der Waals surface area contributed by atoms with Crippen molar-refractivity contribution in [3.05, 3.63) is 85.1 Å². The average Bonchev–Trinajstić information content (AvgIpc) is 3.33. The summed E-state index contributed by atoms with van der Waals surface area (Å²) in [6, 6.07) is -0.855. The second kappa shape index (κ2) is 47.1. The Labute approximate surface area is 410 Å². The largest absolute Gasteiger partial charge is 0.394 e. The highest BCUT2D eigenvalue weighted by Crippen LogP contribution is 2.23. The summed E-state index contributed by atoms with van der Waals surface area (Å²) < 4.78 is 11.2. The summed E-state index contributed by atoms with van der Waals surface area (Å²) >= 11 is 0. The molecule has 0 radical (unpaired) electrons. The fraction of sp³-hybridized carbons (Fsp3) is 0.741. The summed E-state index contributed by atoms with van der Waals surface area (Å²) in [7, 11) is 0. The Morgan fingerprint density at radius 2 is 0.940 bits per heavy atom. The van der Waals surface area contributed by atoms with Gasteiger partial charge in [0.15, 0.2) is 6.29 Å². The van der Waals surface area contributed by atoms with E-state index in [9.17, 15) is 30.3 Å². The smallest absolute Gasteiger partial charge is 0.220 e. The van der Waals surface area contributed by atoms with Crippen LogP contribution in [0.5, 0.6) is 0 Å². The number of carbonyl (C=O) groups excluding carboxylic acids is 1. The molecule has 9 nitrogen and oxygen atoms in total. The lowest BCUT2D eigenvalue weighted by Crippen LogP contribution is -2.60. The lowest BCUT2D eigenvalue weighted by Gasteiger charge is -2.40. The van der Waals surface area contributed by atoms with Crippen molar-refractivity contribution < 1.29 is 39.8 Å². The van der Waals surface area contributed by atoms with Crippen LogP contribution in [0.15, 0.2) is 85.1 Å². The van der Waals surface area contributed by atoms with Crippen LogP contribution in [0.1, 0.15) is 219 Å². The van der Waals surface area contributed by atoms with E-state index in [-0.39, 0.29) is 18.9 Å². The fourth-order valence-electron chi connectivity index (χ4n) is 8.12. The molecule has 0 spiro atoms. The number of rotatable bonds is 45. The predicted molar refractivity (Wildman–Crippen MR) is 281 cm³/mol. The number of hydrogen-bond donors (Lipinski definition) is 6. The van der Waals surface area contributed by atoms with Crippen molar-refractivity contribution in [3.63, 3.8) is 0 Å². The van der Waals surface area contributed by atoms with Crippen LogP contribution in [0.25, 0.3) is 0 Å². The first-order valence-electron chi connectivity index (χ1n) is 27.3. The van der Waals surface area contributed by atoms with Gasteiger partial charge in [0.25, 0.3) is 0 Å². The van der Waals surface area contributed by atoms with Gasteiger partial charge in [0.2, 0.25) is 5.91 Å². The van der Waals surface area contributed by atoms with Gasteiger partial charge < -0.3 is 40.3 Å². The molecule has 9 heteroatoms. The lowest BCUT2D eigenvalue weighted by atomic mass is 9.99. The fourth-order valence-corrected chi connectivity index (χ4v) is 8.12. The molecule has 0 saturated carbocycles. The number of allylic oxidation sites excluding steroid dienone is 13. The first-order valence-corrected chi connectivity index (χ1v) is 27.3. The Morgan fingerprint density at radius 1 is 0.522 bits per heavy atom. The van der Waals surface area contributed by atoms with E-state index >= 15 is 0 Å². The van der Waals surface area contributed by atoms with Gasteiger partial charge in [-0.15, -0.1) is 0 Å². The number of aliphatic hydroxyl groups is 5. The van der Waals surface area contributed by atoms with Gasteiger partial charge in [0.05, 0.1) is 25.4 Å². The van der Waals surface area contributed by atoms with Crippen molar-refractivity contribution in [2.45, 2.75) is 262 Å². The molecule has 1 aliphatic rings. The van der Waals surface area contributed by atoms with Crippen molar-refractivity contribution in [1.29, 1.82) is 0 Å². The molecular formula is C58H101NO8. The molecule has 1 fully saturated rings. The lowest BCUT2D eigenvalue weighted by molar-refractivity contribution is -0.302. The van der Waals surface area contributed by atoms with Gasteiger partial charge in [0.1, 0.15) is 24.4 Å². The Hall–Kier alpha value is -2.63. The minimum absolute atomic E-state index is 0.227. The first-order chi connectivity index (χ1) is 32.8. The molecule has 0 aromatic heterocycles. The zero-order valence-electron chi connectivity index (χ0n) is 42.6. The standard InChI is InChI=1S/C58H101NO8/c1-3-5-7-9-11-13-15-17-19-20-21-22-23-24-25-26-27-28-29-30-31-32-34-35-37-39-41-43-45-47-52(61)51(50-66-58-57(65)56(64)55(63)53(49-60)67-58)59-54(62)48-46-44-42-40-38-36-33-18-16-14-12-10-8-6-4-2/h6,8,12,14,18,31-33,37-40,45,47,51-53,55-58,60-61,63-65H,3-5,7,9-11,13,15-17,19-30,34-36,41-44,46,48-50H2,1-2H3,(H,59,62)/b8-6-,14-12-,32-31+,33-18-,39-37+,40-38-,47-45+. The molecule has 0 aromatic carbocycles. The number of amides is 1. The van der Waals surface area contributed by atoms with Crippen LogP contribution in [-0.4, -0.2) is 87.5 Å². The maximum absolute atomic E-state index is 13.0. The van der Waals surface area contributed by atoms with Crippen molar-refractivity contribution in [3.8, 4) is 0 Å². The van der Waals surface area contributed by atoms with Crippen LogP contribution >= 0.6 is 0 Å². The molecule has 1 aliphatic heterocycles. The van der Waals surface area contributed by atoms with Gasteiger partial charge in [0, 0.05) is 6.42 Å².